The fourth-order valence-electron chi connectivity index (χ4n) is 3.45. The van der Waals surface area contributed by atoms with Gasteiger partial charge in [-0.3, -0.25) is 4.79 Å². The van der Waals surface area contributed by atoms with Crippen LogP contribution >= 0.6 is 11.3 Å². The number of aliphatic hydroxyl groups is 1. The van der Waals surface area contributed by atoms with E-state index in [4.69, 9.17) is 17.3 Å². The van der Waals surface area contributed by atoms with Crippen LogP contribution in [-0.4, -0.2) is 27.8 Å². The van der Waals surface area contributed by atoms with Crippen LogP contribution in [0.15, 0.2) is 54.4 Å². The molecule has 0 radical (unpaired) electrons. The Labute approximate surface area is 190 Å². The summed E-state index contributed by atoms with van der Waals surface area (Å²) < 4.78 is 54.0. The summed E-state index contributed by atoms with van der Waals surface area (Å²) in [5, 5.41) is 11.5. The van der Waals surface area contributed by atoms with Gasteiger partial charge in [0.2, 0.25) is 5.60 Å². The van der Waals surface area contributed by atoms with Gasteiger partial charge in [0.05, 0.1) is 12.2 Å². The summed E-state index contributed by atoms with van der Waals surface area (Å²) in [6.45, 7) is 1.12. The quantitative estimate of drug-likeness (QED) is 0.231. The third kappa shape index (κ3) is 4.80. The number of benzene rings is 2. The van der Waals surface area contributed by atoms with Crippen molar-refractivity contribution in [2.75, 3.05) is 0 Å². The summed E-state index contributed by atoms with van der Waals surface area (Å²) in [6, 6.07) is 10.8. The predicted molar refractivity (Wildman–Crippen MR) is 119 cm³/mol. The Balaban J connectivity index is 1.96. The Kier molecular flexibility index (Phi) is 6.68. The van der Waals surface area contributed by atoms with Crippen molar-refractivity contribution in [2.45, 2.75) is 31.7 Å². The van der Waals surface area contributed by atoms with Crippen LogP contribution in [0.1, 0.15) is 28.6 Å². The van der Waals surface area contributed by atoms with Gasteiger partial charge in [0, 0.05) is 21.8 Å². The largest absolute Gasteiger partial charge is 0.422 e. The molecule has 0 aliphatic heterocycles. The molecule has 3 rings (SSSR count). The highest BCUT2D eigenvalue weighted by Gasteiger charge is 2.54. The minimum atomic E-state index is -4.96. The van der Waals surface area contributed by atoms with Crippen molar-refractivity contribution in [3.63, 3.8) is 0 Å². The fourth-order valence-corrected chi connectivity index (χ4v) is 4.59. The number of thiophene rings is 1. The molecule has 6 nitrogen and oxygen atoms in total. The highest BCUT2D eigenvalue weighted by molar-refractivity contribution is 7.21. The molecule has 1 amide bonds. The lowest BCUT2D eigenvalue weighted by atomic mass is 9.96. The Morgan fingerprint density at radius 2 is 1.88 bits per heavy atom. The normalized spacial score (nSPS) is 14.3. The van der Waals surface area contributed by atoms with Crippen LogP contribution in [0.3, 0.4) is 0 Å². The van der Waals surface area contributed by atoms with Crippen LogP contribution < -0.4 is 17.3 Å². The van der Waals surface area contributed by atoms with Gasteiger partial charge in [-0.05, 0) is 35.7 Å². The standard InChI is InChI=1S/C22H22F4N4O2S/c1-2-21(32,22(24,25)26)17(27)11-30(29)10-12-6-7-15-16(8-12)33-19(20(28)31)18(15)13-4-3-5-14(23)9-13/h3-9,11,32H,2,10,27,29H2,1H3,(H2,28,31)/b17-11-. The first-order chi connectivity index (χ1) is 15.4. The van der Waals surface area contributed by atoms with E-state index in [1.165, 1.54) is 18.2 Å². The number of carbonyl (C=O) groups excluding carboxylic acids is 1. The number of hydrogen-bond acceptors (Lipinski definition) is 6. The van der Waals surface area contributed by atoms with Crippen LogP contribution in [0, 0.1) is 5.82 Å². The van der Waals surface area contributed by atoms with Crippen LogP contribution in [0.4, 0.5) is 17.6 Å². The third-order valence-electron chi connectivity index (χ3n) is 5.22. The topological polar surface area (TPSA) is 119 Å². The number of nitrogens with zero attached hydrogens (tertiary/aromatic N) is 1. The first kappa shape index (κ1) is 24.5. The van der Waals surface area contributed by atoms with E-state index in [0.717, 1.165) is 29.5 Å². The molecule has 33 heavy (non-hydrogen) atoms. The second-order valence-corrected chi connectivity index (χ2v) is 8.53. The van der Waals surface area contributed by atoms with Gasteiger partial charge in [0.15, 0.2) is 0 Å². The average Bonchev–Trinajstić information content (AvgIpc) is 3.11. The zero-order valence-corrected chi connectivity index (χ0v) is 18.3. The number of nitrogens with two attached hydrogens (primary N) is 3. The number of alkyl halides is 3. The average molecular weight is 483 g/mol. The molecule has 7 N–H and O–H groups in total. The molecule has 0 bridgehead atoms. The zero-order chi connectivity index (χ0) is 24.6. The number of halogens is 4. The summed E-state index contributed by atoms with van der Waals surface area (Å²) in [4.78, 5) is 12.3. The summed E-state index contributed by atoms with van der Waals surface area (Å²) in [5.41, 5.74) is 8.61. The molecule has 3 aromatic rings. The Morgan fingerprint density at radius 3 is 2.45 bits per heavy atom. The summed E-state index contributed by atoms with van der Waals surface area (Å²) in [7, 11) is 0. The molecule has 11 heteroatoms. The van der Waals surface area contributed by atoms with E-state index < -0.39 is 35.6 Å². The molecule has 1 atom stereocenters. The molecule has 1 unspecified atom stereocenters. The van der Waals surface area contributed by atoms with Gasteiger partial charge >= 0.3 is 6.18 Å². The Morgan fingerprint density at radius 1 is 1.18 bits per heavy atom. The molecular weight excluding hydrogens is 460 g/mol. The van der Waals surface area contributed by atoms with Crippen LogP contribution in [0.5, 0.6) is 0 Å². The Hall–Kier alpha value is -3.15. The minimum Gasteiger partial charge on any atom is -0.398 e. The molecule has 1 heterocycles. The lowest BCUT2D eigenvalue weighted by Gasteiger charge is -2.30. The molecule has 0 aliphatic rings. The number of fused-ring (bicyclic) bond motifs is 1. The Bertz CT molecular complexity index is 1220. The van der Waals surface area contributed by atoms with Crippen molar-refractivity contribution < 1.29 is 27.5 Å². The smallest absolute Gasteiger partial charge is 0.398 e. The van der Waals surface area contributed by atoms with Crippen molar-refractivity contribution in [3.8, 4) is 11.1 Å². The van der Waals surface area contributed by atoms with Gasteiger partial charge in [-0.2, -0.15) is 13.2 Å². The fraction of sp³-hybridized carbons (Fsp3) is 0.227. The maximum atomic E-state index is 13.8. The van der Waals surface area contributed by atoms with Gasteiger partial charge in [0.25, 0.3) is 5.91 Å². The van der Waals surface area contributed by atoms with E-state index >= 15 is 0 Å². The lowest BCUT2D eigenvalue weighted by molar-refractivity contribution is -0.245. The second kappa shape index (κ2) is 9.00. The number of hydrazine groups is 1. The van der Waals surface area contributed by atoms with Crippen molar-refractivity contribution >= 4 is 27.3 Å². The lowest BCUT2D eigenvalue weighted by Crippen LogP contribution is -2.49. The van der Waals surface area contributed by atoms with E-state index in [1.807, 2.05) is 0 Å². The first-order valence-corrected chi connectivity index (χ1v) is 10.6. The molecule has 0 spiro atoms. The highest BCUT2D eigenvalue weighted by Crippen LogP contribution is 2.40. The first-order valence-electron chi connectivity index (χ1n) is 9.76. The minimum absolute atomic E-state index is 0.0343. The number of primary amides is 1. The van der Waals surface area contributed by atoms with Crippen LogP contribution in [0.2, 0.25) is 0 Å². The van der Waals surface area contributed by atoms with E-state index in [2.05, 4.69) is 0 Å². The number of hydrogen-bond donors (Lipinski definition) is 4. The second-order valence-electron chi connectivity index (χ2n) is 7.48. The maximum absolute atomic E-state index is 13.8. The van der Waals surface area contributed by atoms with E-state index in [1.54, 1.807) is 24.3 Å². The predicted octanol–water partition coefficient (Wildman–Crippen LogP) is 3.99. The highest BCUT2D eigenvalue weighted by atomic mass is 32.1. The van der Waals surface area contributed by atoms with Crippen molar-refractivity contribution in [1.82, 2.24) is 5.01 Å². The maximum Gasteiger partial charge on any atom is 0.422 e. The molecule has 0 saturated carbocycles. The van der Waals surface area contributed by atoms with Gasteiger partial charge in [-0.25, -0.2) is 10.2 Å². The van der Waals surface area contributed by atoms with E-state index in [0.29, 0.717) is 26.8 Å². The monoisotopic (exact) mass is 482 g/mol. The van der Waals surface area contributed by atoms with E-state index in [-0.39, 0.29) is 11.4 Å². The molecule has 176 valence electrons. The van der Waals surface area contributed by atoms with Gasteiger partial charge < -0.3 is 21.6 Å². The third-order valence-corrected chi connectivity index (χ3v) is 6.39. The van der Waals surface area contributed by atoms with Gasteiger partial charge in [-0.15, -0.1) is 11.3 Å². The summed E-state index contributed by atoms with van der Waals surface area (Å²) >= 11 is 1.11. The number of carbonyl (C=O) groups is 1. The molecular formula is C22H22F4N4O2S. The molecule has 1 aromatic heterocycles. The number of rotatable bonds is 7. The molecule has 2 aromatic carbocycles. The van der Waals surface area contributed by atoms with Gasteiger partial charge in [0.1, 0.15) is 10.7 Å². The van der Waals surface area contributed by atoms with Crippen molar-refractivity contribution in [2.24, 2.45) is 17.3 Å². The zero-order valence-electron chi connectivity index (χ0n) is 17.5. The van der Waals surface area contributed by atoms with Crippen molar-refractivity contribution in [1.29, 1.82) is 0 Å². The van der Waals surface area contributed by atoms with Crippen LogP contribution in [-0.2, 0) is 6.54 Å². The summed E-state index contributed by atoms with van der Waals surface area (Å²) in [5.74, 6) is 4.69. The SMILES string of the molecule is CCC(O)(/C(N)=C/N(N)Cc1ccc2c(-c3cccc(F)c3)c(C(N)=O)sc2c1)C(F)(F)F. The van der Waals surface area contributed by atoms with Gasteiger partial charge in [-0.1, -0.05) is 31.2 Å². The van der Waals surface area contributed by atoms with Crippen molar-refractivity contribution in [3.05, 3.63) is 70.6 Å². The molecule has 0 fully saturated rings. The van der Waals surface area contributed by atoms with E-state index in [9.17, 15) is 27.5 Å². The van der Waals surface area contributed by atoms with Crippen LogP contribution in [0.25, 0.3) is 21.2 Å². The molecule has 0 saturated heterocycles. The summed E-state index contributed by atoms with van der Waals surface area (Å²) in [6.07, 6.45) is -4.80. The molecule has 0 aliphatic carbocycles. The number of amides is 1.